The molecule has 1 amide bonds. The SMILES string of the molecule is CCCCC(=O)N1CC2(C1)C(COCC)CCS2(=O)=O. The summed E-state index contributed by atoms with van der Waals surface area (Å²) in [7, 11) is -3.09. The van der Waals surface area contributed by atoms with Crippen LogP contribution in [0.4, 0.5) is 0 Å². The van der Waals surface area contributed by atoms with Gasteiger partial charge in [0.15, 0.2) is 9.84 Å². The molecule has 5 nitrogen and oxygen atoms in total. The number of carbonyl (C=O) groups excluding carboxylic acids is 1. The first kappa shape index (κ1) is 15.8. The molecule has 2 aliphatic rings. The molecule has 0 aliphatic carbocycles. The highest BCUT2D eigenvalue weighted by molar-refractivity contribution is 7.93. The predicted molar refractivity (Wildman–Crippen MR) is 77.2 cm³/mol. The maximum atomic E-state index is 12.3. The van der Waals surface area contributed by atoms with Crippen molar-refractivity contribution in [1.29, 1.82) is 0 Å². The van der Waals surface area contributed by atoms with E-state index < -0.39 is 14.6 Å². The highest BCUT2D eigenvalue weighted by Crippen LogP contribution is 2.45. The molecule has 2 heterocycles. The maximum Gasteiger partial charge on any atom is 0.222 e. The lowest BCUT2D eigenvalue weighted by atomic mass is 9.83. The molecule has 1 unspecified atom stereocenters. The molecular weight excluding hydrogens is 278 g/mol. The molecule has 2 rings (SSSR count). The Hall–Kier alpha value is -0.620. The van der Waals surface area contributed by atoms with Gasteiger partial charge in [0.2, 0.25) is 5.91 Å². The lowest BCUT2D eigenvalue weighted by Gasteiger charge is -2.50. The average molecular weight is 303 g/mol. The van der Waals surface area contributed by atoms with Crippen molar-refractivity contribution in [1.82, 2.24) is 4.90 Å². The van der Waals surface area contributed by atoms with Gasteiger partial charge in [-0.05, 0) is 19.8 Å². The molecule has 0 aromatic carbocycles. The Morgan fingerprint density at radius 3 is 2.65 bits per heavy atom. The van der Waals surface area contributed by atoms with E-state index in [0.717, 1.165) is 12.8 Å². The van der Waals surface area contributed by atoms with E-state index in [1.807, 2.05) is 13.8 Å². The fourth-order valence-corrected chi connectivity index (χ4v) is 5.63. The standard InChI is InChI=1S/C14H25NO4S/c1-3-5-6-13(16)15-10-14(11-15)12(9-19-4-2)7-8-20(14,17)18/h12H,3-11H2,1-2H3. The first-order valence-electron chi connectivity index (χ1n) is 7.54. The normalized spacial score (nSPS) is 26.7. The van der Waals surface area contributed by atoms with E-state index in [9.17, 15) is 13.2 Å². The van der Waals surface area contributed by atoms with Crippen molar-refractivity contribution in [2.75, 3.05) is 32.1 Å². The summed E-state index contributed by atoms with van der Waals surface area (Å²) in [5.41, 5.74) is 0. The summed E-state index contributed by atoms with van der Waals surface area (Å²) in [4.78, 5) is 13.7. The number of ether oxygens (including phenoxy) is 1. The number of nitrogens with zero attached hydrogens (tertiary/aromatic N) is 1. The van der Waals surface area contributed by atoms with E-state index in [1.54, 1.807) is 4.90 Å². The molecule has 2 saturated heterocycles. The zero-order valence-electron chi connectivity index (χ0n) is 12.4. The molecule has 2 aliphatic heterocycles. The zero-order valence-corrected chi connectivity index (χ0v) is 13.2. The number of likely N-dealkylation sites (tertiary alicyclic amines) is 1. The third-order valence-corrected chi connectivity index (χ3v) is 7.24. The number of rotatable bonds is 6. The fourth-order valence-electron chi connectivity index (χ4n) is 3.23. The second-order valence-electron chi connectivity index (χ2n) is 5.88. The van der Waals surface area contributed by atoms with Crippen molar-refractivity contribution in [3.63, 3.8) is 0 Å². The van der Waals surface area contributed by atoms with Gasteiger partial charge in [-0.25, -0.2) is 8.42 Å². The van der Waals surface area contributed by atoms with Crippen LogP contribution in [0.25, 0.3) is 0 Å². The molecule has 116 valence electrons. The molecule has 6 heteroatoms. The van der Waals surface area contributed by atoms with Gasteiger partial charge in [0.1, 0.15) is 4.75 Å². The summed E-state index contributed by atoms with van der Waals surface area (Å²) in [5.74, 6) is 0.374. The predicted octanol–water partition coefficient (Wildman–Crippen LogP) is 1.23. The average Bonchev–Trinajstić information content (AvgIpc) is 2.62. The van der Waals surface area contributed by atoms with Crippen molar-refractivity contribution in [3.8, 4) is 0 Å². The second-order valence-corrected chi connectivity index (χ2v) is 8.33. The summed E-state index contributed by atoms with van der Waals surface area (Å²) in [6, 6.07) is 0. The number of amides is 1. The lowest BCUT2D eigenvalue weighted by molar-refractivity contribution is -0.138. The quantitative estimate of drug-likeness (QED) is 0.740. The van der Waals surface area contributed by atoms with Crippen LogP contribution in [-0.4, -0.2) is 56.0 Å². The van der Waals surface area contributed by atoms with Crippen LogP contribution in [0.1, 0.15) is 39.5 Å². The summed E-state index contributed by atoms with van der Waals surface area (Å²) < 4.78 is 29.4. The molecule has 1 atom stereocenters. The van der Waals surface area contributed by atoms with Crippen LogP contribution in [-0.2, 0) is 19.4 Å². The molecule has 0 aromatic heterocycles. The van der Waals surface area contributed by atoms with Crippen molar-refractivity contribution in [2.24, 2.45) is 5.92 Å². The Balaban J connectivity index is 2.01. The Morgan fingerprint density at radius 1 is 1.35 bits per heavy atom. The van der Waals surface area contributed by atoms with Crippen molar-refractivity contribution >= 4 is 15.7 Å². The monoisotopic (exact) mass is 303 g/mol. The molecule has 0 bridgehead atoms. The Morgan fingerprint density at radius 2 is 2.05 bits per heavy atom. The molecule has 1 spiro atoms. The van der Waals surface area contributed by atoms with Gasteiger partial charge in [0, 0.05) is 32.0 Å². The van der Waals surface area contributed by atoms with Crippen LogP contribution < -0.4 is 0 Å². The molecule has 0 N–H and O–H groups in total. The van der Waals surface area contributed by atoms with Crippen LogP contribution in [0, 0.1) is 5.92 Å². The van der Waals surface area contributed by atoms with E-state index in [1.165, 1.54) is 0 Å². The molecule has 0 aromatic rings. The minimum absolute atomic E-state index is 0.0441. The molecule has 0 radical (unpaired) electrons. The molecule has 0 saturated carbocycles. The second kappa shape index (κ2) is 6.02. The van der Waals surface area contributed by atoms with Crippen molar-refractivity contribution < 1.29 is 17.9 Å². The highest BCUT2D eigenvalue weighted by Gasteiger charge is 2.62. The van der Waals surface area contributed by atoms with Gasteiger partial charge in [-0.15, -0.1) is 0 Å². The van der Waals surface area contributed by atoms with Gasteiger partial charge < -0.3 is 9.64 Å². The Labute approximate surface area is 121 Å². The number of unbranched alkanes of at least 4 members (excludes halogenated alkanes) is 1. The topological polar surface area (TPSA) is 63.7 Å². The Kier molecular flexibility index (Phi) is 4.74. The van der Waals surface area contributed by atoms with Gasteiger partial charge in [-0.3, -0.25) is 4.79 Å². The third kappa shape index (κ3) is 2.60. The number of sulfone groups is 1. The Bertz CT molecular complexity index is 454. The summed E-state index contributed by atoms with van der Waals surface area (Å²) in [5, 5.41) is 0. The van der Waals surface area contributed by atoms with E-state index in [-0.39, 0.29) is 17.6 Å². The summed E-state index contributed by atoms with van der Waals surface area (Å²) in [6.45, 7) is 5.80. The van der Waals surface area contributed by atoms with Crippen LogP contribution in [0.15, 0.2) is 0 Å². The van der Waals surface area contributed by atoms with Crippen LogP contribution in [0.3, 0.4) is 0 Å². The number of hydrogen-bond acceptors (Lipinski definition) is 4. The summed E-state index contributed by atoms with van der Waals surface area (Å²) in [6.07, 6.45) is 3.05. The molecule has 2 fully saturated rings. The smallest absolute Gasteiger partial charge is 0.222 e. The van der Waals surface area contributed by atoms with Gasteiger partial charge in [-0.2, -0.15) is 0 Å². The van der Waals surface area contributed by atoms with Crippen LogP contribution in [0.5, 0.6) is 0 Å². The number of carbonyl (C=O) groups is 1. The lowest BCUT2D eigenvalue weighted by Crippen LogP contribution is -2.68. The van der Waals surface area contributed by atoms with Gasteiger partial charge in [0.25, 0.3) is 0 Å². The van der Waals surface area contributed by atoms with E-state index >= 15 is 0 Å². The van der Waals surface area contributed by atoms with E-state index in [2.05, 4.69) is 0 Å². The van der Waals surface area contributed by atoms with E-state index in [0.29, 0.717) is 39.1 Å². The van der Waals surface area contributed by atoms with Gasteiger partial charge >= 0.3 is 0 Å². The van der Waals surface area contributed by atoms with Crippen LogP contribution in [0.2, 0.25) is 0 Å². The highest BCUT2D eigenvalue weighted by atomic mass is 32.2. The van der Waals surface area contributed by atoms with Crippen molar-refractivity contribution in [3.05, 3.63) is 0 Å². The minimum atomic E-state index is -3.09. The third-order valence-electron chi connectivity index (χ3n) is 4.64. The van der Waals surface area contributed by atoms with Gasteiger partial charge in [0.05, 0.1) is 12.4 Å². The molecule has 20 heavy (non-hydrogen) atoms. The van der Waals surface area contributed by atoms with Crippen molar-refractivity contribution in [2.45, 2.75) is 44.3 Å². The zero-order chi connectivity index (χ0) is 14.8. The number of hydrogen-bond donors (Lipinski definition) is 0. The first-order chi connectivity index (χ1) is 9.47. The fraction of sp³-hybridized carbons (Fsp3) is 0.929. The molecular formula is C14H25NO4S. The maximum absolute atomic E-state index is 12.3. The van der Waals surface area contributed by atoms with E-state index in [4.69, 9.17) is 4.74 Å². The summed E-state index contributed by atoms with van der Waals surface area (Å²) >= 11 is 0. The van der Waals surface area contributed by atoms with Crippen LogP contribution >= 0.6 is 0 Å². The van der Waals surface area contributed by atoms with Gasteiger partial charge in [-0.1, -0.05) is 13.3 Å². The minimum Gasteiger partial charge on any atom is -0.381 e. The largest absolute Gasteiger partial charge is 0.381 e. The first-order valence-corrected chi connectivity index (χ1v) is 9.20.